The molecule has 3 rings (SSSR count). The number of ether oxygens (including phenoxy) is 2. The average molecular weight is 299 g/mol. The third kappa shape index (κ3) is 3.13. The molecule has 0 amide bonds. The smallest absolute Gasteiger partial charge is 0.318 e. The molecule has 1 aromatic heterocycles. The Morgan fingerprint density at radius 3 is 3.15 bits per heavy atom. The maximum absolute atomic E-state index is 6.24. The van der Waals surface area contributed by atoms with Crippen LogP contribution in [-0.2, 0) is 4.74 Å². The van der Waals surface area contributed by atoms with Gasteiger partial charge in [-0.15, -0.1) is 0 Å². The van der Waals surface area contributed by atoms with Gasteiger partial charge in [0.05, 0.1) is 32.6 Å². The molecule has 0 aromatic carbocycles. The number of methoxy groups -OCH3 is 1. The molecule has 2 fully saturated rings. The second-order valence-corrected chi connectivity index (χ2v) is 5.54. The van der Waals surface area contributed by atoms with Crippen LogP contribution in [0.1, 0.15) is 12.8 Å². The van der Waals surface area contributed by atoms with Gasteiger partial charge in [-0.05, 0) is 12.8 Å². The topological polar surface area (TPSA) is 59.5 Å². The normalized spacial score (nSPS) is 22.9. The Labute approximate surface area is 123 Å². The Morgan fingerprint density at radius 2 is 2.40 bits per heavy atom. The molecule has 2 heterocycles. The van der Waals surface area contributed by atoms with Crippen LogP contribution in [0.5, 0.6) is 6.01 Å². The van der Waals surface area contributed by atoms with Crippen molar-refractivity contribution in [3.63, 3.8) is 0 Å². The second kappa shape index (κ2) is 6.11. The van der Waals surface area contributed by atoms with E-state index >= 15 is 0 Å². The van der Waals surface area contributed by atoms with Crippen molar-refractivity contribution < 1.29 is 9.47 Å². The van der Waals surface area contributed by atoms with Gasteiger partial charge in [0.15, 0.2) is 5.82 Å². The van der Waals surface area contributed by atoms with Crippen LogP contribution < -0.4 is 15.0 Å². The van der Waals surface area contributed by atoms with Gasteiger partial charge in [0.25, 0.3) is 0 Å². The minimum absolute atomic E-state index is 0.237. The summed E-state index contributed by atoms with van der Waals surface area (Å²) >= 11 is 6.24. The van der Waals surface area contributed by atoms with Gasteiger partial charge in [-0.1, -0.05) is 11.6 Å². The number of hydrogen-bond acceptors (Lipinski definition) is 6. The van der Waals surface area contributed by atoms with Crippen LogP contribution in [0.3, 0.4) is 0 Å². The molecular formula is C13H19ClN4O2. The molecule has 1 aromatic rings. The maximum Gasteiger partial charge on any atom is 0.318 e. The molecule has 1 aliphatic carbocycles. The number of hydrogen-bond donors (Lipinski definition) is 1. The number of aromatic nitrogens is 2. The van der Waals surface area contributed by atoms with E-state index < -0.39 is 0 Å². The third-order valence-corrected chi connectivity index (χ3v) is 3.87. The highest BCUT2D eigenvalue weighted by molar-refractivity contribution is 6.32. The molecule has 110 valence electrons. The van der Waals surface area contributed by atoms with E-state index in [1.807, 2.05) is 0 Å². The lowest BCUT2D eigenvalue weighted by Crippen LogP contribution is -2.51. The SMILES string of the molecule is COc1ncc(Cl)c(N2CCOCC2CNC2CC2)n1. The van der Waals surface area contributed by atoms with E-state index in [0.29, 0.717) is 30.3 Å². The summed E-state index contributed by atoms with van der Waals surface area (Å²) in [5.74, 6) is 0.726. The van der Waals surface area contributed by atoms with Gasteiger partial charge in [-0.25, -0.2) is 4.98 Å². The van der Waals surface area contributed by atoms with E-state index in [9.17, 15) is 0 Å². The molecule has 2 aliphatic rings. The Hall–Kier alpha value is -1.11. The minimum Gasteiger partial charge on any atom is -0.467 e. The number of halogens is 1. The summed E-state index contributed by atoms with van der Waals surface area (Å²) in [6.45, 7) is 3.02. The molecule has 1 N–H and O–H groups in total. The molecule has 20 heavy (non-hydrogen) atoms. The number of anilines is 1. The van der Waals surface area contributed by atoms with Crippen molar-refractivity contribution in [3.8, 4) is 6.01 Å². The largest absolute Gasteiger partial charge is 0.467 e. The summed E-state index contributed by atoms with van der Waals surface area (Å²) < 4.78 is 10.7. The highest BCUT2D eigenvalue weighted by atomic mass is 35.5. The summed E-state index contributed by atoms with van der Waals surface area (Å²) in [4.78, 5) is 10.6. The fraction of sp³-hybridized carbons (Fsp3) is 0.692. The van der Waals surface area contributed by atoms with Gasteiger partial charge in [0, 0.05) is 19.1 Å². The van der Waals surface area contributed by atoms with Crippen molar-refractivity contribution in [3.05, 3.63) is 11.2 Å². The van der Waals surface area contributed by atoms with Crippen molar-refractivity contribution in [2.75, 3.05) is 38.3 Å². The molecule has 1 atom stereocenters. The third-order valence-electron chi connectivity index (χ3n) is 3.61. The fourth-order valence-corrected chi connectivity index (χ4v) is 2.53. The van der Waals surface area contributed by atoms with E-state index in [1.165, 1.54) is 12.8 Å². The van der Waals surface area contributed by atoms with Crippen LogP contribution in [0, 0.1) is 0 Å². The van der Waals surface area contributed by atoms with Crippen molar-refractivity contribution in [1.29, 1.82) is 0 Å². The van der Waals surface area contributed by atoms with E-state index in [1.54, 1.807) is 13.3 Å². The van der Waals surface area contributed by atoms with E-state index in [0.717, 1.165) is 18.9 Å². The van der Waals surface area contributed by atoms with Crippen LogP contribution in [0.25, 0.3) is 0 Å². The summed E-state index contributed by atoms with van der Waals surface area (Å²) in [6, 6.07) is 1.25. The first-order valence-electron chi connectivity index (χ1n) is 6.92. The Kier molecular flexibility index (Phi) is 4.24. The van der Waals surface area contributed by atoms with Gasteiger partial charge in [0.2, 0.25) is 0 Å². The quantitative estimate of drug-likeness (QED) is 0.878. The molecule has 1 aliphatic heterocycles. The average Bonchev–Trinajstić information content (AvgIpc) is 3.30. The molecular weight excluding hydrogens is 280 g/mol. The highest BCUT2D eigenvalue weighted by Crippen LogP contribution is 2.27. The van der Waals surface area contributed by atoms with Crippen LogP contribution in [0.4, 0.5) is 5.82 Å². The number of nitrogens with zero attached hydrogens (tertiary/aromatic N) is 3. The number of nitrogens with one attached hydrogen (secondary N) is 1. The van der Waals surface area contributed by atoms with Gasteiger partial charge in [-0.2, -0.15) is 4.98 Å². The predicted molar refractivity (Wildman–Crippen MR) is 76.6 cm³/mol. The van der Waals surface area contributed by atoms with Gasteiger partial charge >= 0.3 is 6.01 Å². The molecule has 1 saturated carbocycles. The van der Waals surface area contributed by atoms with Gasteiger partial charge in [0.1, 0.15) is 5.02 Å². The van der Waals surface area contributed by atoms with E-state index in [4.69, 9.17) is 21.1 Å². The molecule has 1 unspecified atom stereocenters. The van der Waals surface area contributed by atoms with Crippen molar-refractivity contribution in [2.24, 2.45) is 0 Å². The first-order valence-corrected chi connectivity index (χ1v) is 7.30. The lowest BCUT2D eigenvalue weighted by atomic mass is 10.2. The molecule has 1 saturated heterocycles. The number of rotatable bonds is 5. The lowest BCUT2D eigenvalue weighted by molar-refractivity contribution is 0.0931. The first-order chi connectivity index (χ1) is 9.78. The minimum atomic E-state index is 0.237. The standard InChI is InChI=1S/C13H19ClN4O2/c1-19-13-16-7-11(14)12(17-13)18-4-5-20-8-10(18)6-15-9-2-3-9/h7,9-10,15H,2-6,8H2,1H3. The van der Waals surface area contributed by atoms with Crippen LogP contribution in [0.15, 0.2) is 6.20 Å². The lowest BCUT2D eigenvalue weighted by Gasteiger charge is -2.37. The zero-order valence-corrected chi connectivity index (χ0v) is 12.3. The Morgan fingerprint density at radius 1 is 1.55 bits per heavy atom. The van der Waals surface area contributed by atoms with Crippen LogP contribution in [0.2, 0.25) is 5.02 Å². The fourth-order valence-electron chi connectivity index (χ4n) is 2.34. The summed E-state index contributed by atoms with van der Waals surface area (Å²) in [5, 5.41) is 4.08. The maximum atomic E-state index is 6.24. The zero-order valence-electron chi connectivity index (χ0n) is 11.5. The molecule has 6 nitrogen and oxygen atoms in total. The number of morpholine rings is 1. The van der Waals surface area contributed by atoms with Crippen molar-refractivity contribution in [2.45, 2.75) is 24.9 Å². The predicted octanol–water partition coefficient (Wildman–Crippen LogP) is 1.10. The highest BCUT2D eigenvalue weighted by Gasteiger charge is 2.29. The molecule has 0 radical (unpaired) electrons. The van der Waals surface area contributed by atoms with Crippen LogP contribution in [-0.4, -0.2) is 55.5 Å². The summed E-state index contributed by atoms with van der Waals surface area (Å²) in [6.07, 6.45) is 4.13. The van der Waals surface area contributed by atoms with E-state index in [-0.39, 0.29) is 6.04 Å². The first kappa shape index (κ1) is 13.9. The monoisotopic (exact) mass is 298 g/mol. The van der Waals surface area contributed by atoms with Gasteiger partial charge < -0.3 is 19.7 Å². The molecule has 0 spiro atoms. The van der Waals surface area contributed by atoms with Crippen molar-refractivity contribution in [1.82, 2.24) is 15.3 Å². The Bertz CT molecular complexity index is 470. The van der Waals surface area contributed by atoms with Gasteiger partial charge in [-0.3, -0.25) is 0 Å². The van der Waals surface area contributed by atoms with E-state index in [2.05, 4.69) is 20.2 Å². The molecule has 7 heteroatoms. The second-order valence-electron chi connectivity index (χ2n) is 5.13. The molecule has 0 bridgehead atoms. The van der Waals surface area contributed by atoms with Crippen molar-refractivity contribution >= 4 is 17.4 Å². The van der Waals surface area contributed by atoms with Crippen LogP contribution >= 0.6 is 11.6 Å². The summed E-state index contributed by atoms with van der Waals surface area (Å²) in [5.41, 5.74) is 0. The zero-order chi connectivity index (χ0) is 13.9. The summed E-state index contributed by atoms with van der Waals surface area (Å²) in [7, 11) is 1.55. The Balaban J connectivity index is 1.76.